The van der Waals surface area contributed by atoms with Crippen molar-refractivity contribution in [3.8, 4) is 5.75 Å². The van der Waals surface area contributed by atoms with Gasteiger partial charge in [0, 0.05) is 11.6 Å². The highest BCUT2D eigenvalue weighted by Gasteiger charge is 2.25. The van der Waals surface area contributed by atoms with Gasteiger partial charge in [-0.2, -0.15) is 0 Å². The maximum atomic E-state index is 6.23. The Bertz CT molecular complexity index is 344. The molecule has 0 spiro atoms. The van der Waals surface area contributed by atoms with Crippen molar-refractivity contribution in [3.63, 3.8) is 0 Å². The molecule has 0 aliphatic heterocycles. The number of nitrogens with two attached hydrogens (primary N) is 1. The molecule has 0 radical (unpaired) electrons. The Morgan fingerprint density at radius 1 is 1.31 bits per heavy atom. The lowest BCUT2D eigenvalue weighted by Crippen LogP contribution is -2.15. The molecule has 1 atom stereocenters. The van der Waals surface area contributed by atoms with Gasteiger partial charge in [-0.05, 0) is 32.3 Å². The van der Waals surface area contributed by atoms with Crippen molar-refractivity contribution in [2.24, 2.45) is 11.7 Å². The minimum atomic E-state index is 0.127. The van der Waals surface area contributed by atoms with E-state index in [1.807, 2.05) is 32.0 Å². The minimum absolute atomic E-state index is 0.127. The van der Waals surface area contributed by atoms with Crippen molar-refractivity contribution in [3.05, 3.63) is 29.8 Å². The zero-order chi connectivity index (χ0) is 11.5. The van der Waals surface area contributed by atoms with E-state index < -0.39 is 0 Å². The van der Waals surface area contributed by atoms with Crippen LogP contribution in [0.15, 0.2) is 24.3 Å². The first-order valence-corrected chi connectivity index (χ1v) is 6.18. The molecule has 1 fully saturated rings. The lowest BCUT2D eigenvalue weighted by Gasteiger charge is -2.18. The Morgan fingerprint density at radius 2 is 2.00 bits per heavy atom. The van der Waals surface area contributed by atoms with Gasteiger partial charge in [0.25, 0.3) is 0 Å². The van der Waals surface area contributed by atoms with Crippen LogP contribution in [0.25, 0.3) is 0 Å². The van der Waals surface area contributed by atoms with Gasteiger partial charge in [0.1, 0.15) is 5.75 Å². The predicted octanol–water partition coefficient (Wildman–Crippen LogP) is 3.27. The molecule has 0 bridgehead atoms. The van der Waals surface area contributed by atoms with Gasteiger partial charge in [0.05, 0.1) is 6.10 Å². The van der Waals surface area contributed by atoms with Crippen LogP contribution in [-0.2, 0) is 0 Å². The molecule has 2 nitrogen and oxygen atoms in total. The van der Waals surface area contributed by atoms with Gasteiger partial charge in [0.2, 0.25) is 0 Å². The quantitative estimate of drug-likeness (QED) is 0.825. The fourth-order valence-corrected chi connectivity index (χ4v) is 1.99. The molecule has 2 rings (SSSR count). The van der Waals surface area contributed by atoms with E-state index in [1.54, 1.807) is 0 Å². The smallest absolute Gasteiger partial charge is 0.124 e. The standard InChI is InChI=1S/C14H21NO/c1-10(2)16-14-6-4-3-5-12(14)13(15)9-11-7-8-11/h3-6,10-11,13H,7-9,15H2,1-2H3. The van der Waals surface area contributed by atoms with E-state index in [0.29, 0.717) is 0 Å². The SMILES string of the molecule is CC(C)Oc1ccccc1C(N)CC1CC1. The molecule has 1 aromatic carbocycles. The van der Waals surface area contributed by atoms with Crippen LogP contribution in [0.5, 0.6) is 5.75 Å². The molecule has 1 unspecified atom stereocenters. The molecular formula is C14H21NO. The van der Waals surface area contributed by atoms with Crippen LogP contribution in [-0.4, -0.2) is 6.10 Å². The summed E-state index contributed by atoms with van der Waals surface area (Å²) in [6, 6.07) is 8.27. The monoisotopic (exact) mass is 219 g/mol. The second-order valence-electron chi connectivity index (χ2n) is 4.99. The summed E-state index contributed by atoms with van der Waals surface area (Å²) in [5.74, 6) is 1.80. The van der Waals surface area contributed by atoms with Crippen LogP contribution in [0.2, 0.25) is 0 Å². The zero-order valence-electron chi connectivity index (χ0n) is 10.1. The van der Waals surface area contributed by atoms with Crippen molar-refractivity contribution < 1.29 is 4.74 Å². The summed E-state index contributed by atoms with van der Waals surface area (Å²) in [6.07, 6.45) is 3.99. The summed E-state index contributed by atoms with van der Waals surface area (Å²) in [5, 5.41) is 0. The second-order valence-corrected chi connectivity index (χ2v) is 4.99. The zero-order valence-corrected chi connectivity index (χ0v) is 10.1. The molecule has 88 valence electrons. The summed E-state index contributed by atoms with van der Waals surface area (Å²) in [4.78, 5) is 0. The summed E-state index contributed by atoms with van der Waals surface area (Å²) in [7, 11) is 0. The molecule has 0 heterocycles. The van der Waals surface area contributed by atoms with Crippen LogP contribution < -0.4 is 10.5 Å². The van der Waals surface area contributed by atoms with Crippen LogP contribution in [0, 0.1) is 5.92 Å². The fraction of sp³-hybridized carbons (Fsp3) is 0.571. The van der Waals surface area contributed by atoms with Crippen molar-refractivity contribution in [1.29, 1.82) is 0 Å². The van der Waals surface area contributed by atoms with Crippen LogP contribution in [0.4, 0.5) is 0 Å². The number of ether oxygens (including phenoxy) is 1. The Morgan fingerprint density at radius 3 is 2.62 bits per heavy atom. The summed E-state index contributed by atoms with van der Waals surface area (Å²) >= 11 is 0. The molecule has 2 heteroatoms. The molecule has 0 amide bonds. The van der Waals surface area contributed by atoms with E-state index in [4.69, 9.17) is 10.5 Å². The van der Waals surface area contributed by atoms with Gasteiger partial charge >= 0.3 is 0 Å². The maximum Gasteiger partial charge on any atom is 0.124 e. The first-order valence-electron chi connectivity index (χ1n) is 6.18. The number of hydrogen-bond donors (Lipinski definition) is 1. The molecule has 1 aliphatic rings. The van der Waals surface area contributed by atoms with Crippen molar-refractivity contribution in [1.82, 2.24) is 0 Å². The molecule has 1 aromatic rings. The first kappa shape index (κ1) is 11.5. The predicted molar refractivity (Wildman–Crippen MR) is 66.5 cm³/mol. The summed E-state index contributed by atoms with van der Waals surface area (Å²) in [5.41, 5.74) is 7.39. The topological polar surface area (TPSA) is 35.2 Å². The van der Waals surface area contributed by atoms with E-state index >= 15 is 0 Å². The Hall–Kier alpha value is -1.02. The Balaban J connectivity index is 2.10. The maximum absolute atomic E-state index is 6.23. The Labute approximate surface area is 97.8 Å². The first-order chi connectivity index (χ1) is 7.66. The number of benzene rings is 1. The lowest BCUT2D eigenvalue weighted by atomic mass is 10.0. The van der Waals surface area contributed by atoms with Gasteiger partial charge in [-0.3, -0.25) is 0 Å². The largest absolute Gasteiger partial charge is 0.491 e. The Kier molecular flexibility index (Phi) is 3.49. The average Bonchev–Trinajstić information content (AvgIpc) is 3.01. The highest BCUT2D eigenvalue weighted by molar-refractivity contribution is 5.36. The number of hydrogen-bond acceptors (Lipinski definition) is 2. The molecule has 0 aromatic heterocycles. The fourth-order valence-electron chi connectivity index (χ4n) is 1.99. The van der Waals surface area contributed by atoms with E-state index in [2.05, 4.69) is 6.07 Å². The third-order valence-corrected chi connectivity index (χ3v) is 2.97. The normalized spacial score (nSPS) is 17.5. The number of para-hydroxylation sites is 1. The van der Waals surface area contributed by atoms with Gasteiger partial charge in [-0.25, -0.2) is 0 Å². The highest BCUT2D eigenvalue weighted by atomic mass is 16.5. The second kappa shape index (κ2) is 4.88. The van der Waals surface area contributed by atoms with Gasteiger partial charge < -0.3 is 10.5 Å². The van der Waals surface area contributed by atoms with Crippen LogP contribution in [0.3, 0.4) is 0 Å². The molecule has 1 saturated carbocycles. The molecule has 1 aliphatic carbocycles. The van der Waals surface area contributed by atoms with Crippen molar-refractivity contribution in [2.45, 2.75) is 45.3 Å². The van der Waals surface area contributed by atoms with E-state index in [1.165, 1.54) is 12.8 Å². The molecule has 2 N–H and O–H groups in total. The van der Waals surface area contributed by atoms with E-state index in [9.17, 15) is 0 Å². The summed E-state index contributed by atoms with van der Waals surface area (Å²) in [6.45, 7) is 4.09. The van der Waals surface area contributed by atoms with Crippen molar-refractivity contribution >= 4 is 0 Å². The van der Waals surface area contributed by atoms with Gasteiger partial charge in [-0.1, -0.05) is 31.0 Å². The molecular weight excluding hydrogens is 198 g/mol. The lowest BCUT2D eigenvalue weighted by molar-refractivity contribution is 0.238. The molecule has 0 saturated heterocycles. The molecule has 16 heavy (non-hydrogen) atoms. The van der Waals surface area contributed by atoms with Gasteiger partial charge in [-0.15, -0.1) is 0 Å². The van der Waals surface area contributed by atoms with Crippen LogP contribution >= 0.6 is 0 Å². The van der Waals surface area contributed by atoms with Crippen molar-refractivity contribution in [2.75, 3.05) is 0 Å². The average molecular weight is 219 g/mol. The van der Waals surface area contributed by atoms with Crippen LogP contribution in [0.1, 0.15) is 44.7 Å². The third kappa shape index (κ3) is 2.99. The minimum Gasteiger partial charge on any atom is -0.491 e. The summed E-state index contributed by atoms with van der Waals surface area (Å²) < 4.78 is 5.79. The number of rotatable bonds is 5. The van der Waals surface area contributed by atoms with E-state index in [-0.39, 0.29) is 12.1 Å². The van der Waals surface area contributed by atoms with E-state index in [0.717, 1.165) is 23.7 Å². The van der Waals surface area contributed by atoms with Gasteiger partial charge in [0.15, 0.2) is 0 Å². The third-order valence-electron chi connectivity index (χ3n) is 2.97. The highest BCUT2D eigenvalue weighted by Crippen LogP contribution is 2.38.